The van der Waals surface area contributed by atoms with Gasteiger partial charge in [0.2, 0.25) is 0 Å². The molecule has 2 N–H and O–H groups in total. The standard InChI is InChI=1S/C8H14FN3S/c1-12(2)5-6-4-11-8(13-6)7(9)3-10/h4,7H,3,5,10H2,1-2H3. The minimum atomic E-state index is -1.11. The van der Waals surface area contributed by atoms with Gasteiger partial charge >= 0.3 is 0 Å². The van der Waals surface area contributed by atoms with Crippen molar-refractivity contribution in [2.24, 2.45) is 5.73 Å². The molecular formula is C8H14FN3S. The molecule has 1 rings (SSSR count). The van der Waals surface area contributed by atoms with Crippen LogP contribution in [0.2, 0.25) is 0 Å². The molecule has 1 atom stereocenters. The van der Waals surface area contributed by atoms with Crippen LogP contribution in [-0.2, 0) is 6.54 Å². The van der Waals surface area contributed by atoms with Crippen molar-refractivity contribution in [2.45, 2.75) is 12.7 Å². The highest BCUT2D eigenvalue weighted by molar-refractivity contribution is 7.11. The predicted octanol–water partition coefficient (Wildman–Crippen LogP) is 1.17. The first-order valence-electron chi connectivity index (χ1n) is 4.07. The van der Waals surface area contributed by atoms with Gasteiger partial charge in [-0.1, -0.05) is 0 Å². The van der Waals surface area contributed by atoms with E-state index in [1.807, 2.05) is 19.0 Å². The molecule has 13 heavy (non-hydrogen) atoms. The molecule has 74 valence electrons. The molecular weight excluding hydrogens is 189 g/mol. The second-order valence-electron chi connectivity index (χ2n) is 3.11. The Hall–Kier alpha value is -0.520. The molecule has 0 saturated carbocycles. The van der Waals surface area contributed by atoms with Crippen molar-refractivity contribution in [3.63, 3.8) is 0 Å². The number of alkyl halides is 1. The highest BCUT2D eigenvalue weighted by Crippen LogP contribution is 2.22. The van der Waals surface area contributed by atoms with Crippen LogP contribution in [0, 0.1) is 0 Å². The van der Waals surface area contributed by atoms with Gasteiger partial charge in [-0.05, 0) is 14.1 Å². The number of thiazole rings is 1. The summed E-state index contributed by atoms with van der Waals surface area (Å²) < 4.78 is 13.0. The summed E-state index contributed by atoms with van der Waals surface area (Å²) in [5.74, 6) is 0. The lowest BCUT2D eigenvalue weighted by Crippen LogP contribution is -2.09. The highest BCUT2D eigenvalue weighted by atomic mass is 32.1. The SMILES string of the molecule is CN(C)Cc1cnc(C(F)CN)s1. The zero-order chi connectivity index (χ0) is 9.84. The third-order valence-corrected chi connectivity index (χ3v) is 2.59. The fourth-order valence-corrected chi connectivity index (χ4v) is 1.98. The van der Waals surface area contributed by atoms with Crippen molar-refractivity contribution >= 4 is 11.3 Å². The molecule has 0 aliphatic heterocycles. The van der Waals surface area contributed by atoms with Crippen LogP contribution in [0.4, 0.5) is 4.39 Å². The number of rotatable bonds is 4. The maximum absolute atomic E-state index is 13.0. The lowest BCUT2D eigenvalue weighted by molar-refractivity contribution is 0.352. The number of hydrogen-bond donors (Lipinski definition) is 1. The normalized spacial score (nSPS) is 13.6. The Bertz CT molecular complexity index is 262. The van der Waals surface area contributed by atoms with Gasteiger partial charge in [0, 0.05) is 24.2 Å². The molecule has 0 aliphatic rings. The minimum absolute atomic E-state index is 0.00885. The smallest absolute Gasteiger partial charge is 0.164 e. The molecule has 0 amide bonds. The summed E-state index contributed by atoms with van der Waals surface area (Å²) >= 11 is 1.39. The first kappa shape index (κ1) is 10.6. The van der Waals surface area contributed by atoms with Crippen LogP contribution in [0.15, 0.2) is 6.20 Å². The third kappa shape index (κ3) is 3.02. The predicted molar refractivity (Wildman–Crippen MR) is 52.4 cm³/mol. The minimum Gasteiger partial charge on any atom is -0.327 e. The van der Waals surface area contributed by atoms with Crippen molar-refractivity contribution < 1.29 is 4.39 Å². The average Bonchev–Trinajstić information content (AvgIpc) is 2.50. The fourth-order valence-electron chi connectivity index (χ4n) is 0.953. The molecule has 1 heterocycles. The molecule has 1 unspecified atom stereocenters. The Labute approximate surface area is 81.4 Å². The zero-order valence-corrected chi connectivity index (χ0v) is 8.64. The first-order valence-corrected chi connectivity index (χ1v) is 4.88. The molecule has 3 nitrogen and oxygen atoms in total. The van der Waals surface area contributed by atoms with E-state index in [1.165, 1.54) is 11.3 Å². The molecule has 0 aromatic carbocycles. The molecule has 0 fully saturated rings. The summed E-state index contributed by atoms with van der Waals surface area (Å²) in [5.41, 5.74) is 5.20. The van der Waals surface area contributed by atoms with Crippen molar-refractivity contribution in [3.8, 4) is 0 Å². The van der Waals surface area contributed by atoms with Gasteiger partial charge in [0.15, 0.2) is 6.17 Å². The number of hydrogen-bond acceptors (Lipinski definition) is 4. The van der Waals surface area contributed by atoms with Crippen LogP contribution in [-0.4, -0.2) is 30.5 Å². The number of aromatic nitrogens is 1. The zero-order valence-electron chi connectivity index (χ0n) is 7.83. The van der Waals surface area contributed by atoms with Crippen LogP contribution < -0.4 is 5.73 Å². The topological polar surface area (TPSA) is 42.2 Å². The maximum Gasteiger partial charge on any atom is 0.164 e. The maximum atomic E-state index is 13.0. The quantitative estimate of drug-likeness (QED) is 0.799. The van der Waals surface area contributed by atoms with Crippen LogP contribution in [0.3, 0.4) is 0 Å². The lowest BCUT2D eigenvalue weighted by atomic mass is 10.4. The van der Waals surface area contributed by atoms with Gasteiger partial charge in [-0.2, -0.15) is 0 Å². The van der Waals surface area contributed by atoms with Crippen molar-refractivity contribution in [2.75, 3.05) is 20.6 Å². The van der Waals surface area contributed by atoms with Crippen LogP contribution in [0.1, 0.15) is 16.1 Å². The average molecular weight is 203 g/mol. The Morgan fingerprint density at radius 3 is 2.92 bits per heavy atom. The van der Waals surface area contributed by atoms with Crippen molar-refractivity contribution in [3.05, 3.63) is 16.1 Å². The Kier molecular flexibility index (Phi) is 3.77. The van der Waals surface area contributed by atoms with Crippen molar-refractivity contribution in [1.29, 1.82) is 0 Å². The molecule has 1 aromatic rings. The summed E-state index contributed by atoms with van der Waals surface area (Å²) in [6, 6.07) is 0. The summed E-state index contributed by atoms with van der Waals surface area (Å²) in [6.45, 7) is 0.809. The van der Waals surface area contributed by atoms with E-state index in [9.17, 15) is 4.39 Å². The van der Waals surface area contributed by atoms with E-state index in [1.54, 1.807) is 6.20 Å². The monoisotopic (exact) mass is 203 g/mol. The second-order valence-corrected chi connectivity index (χ2v) is 4.25. The van der Waals surface area contributed by atoms with Gasteiger partial charge in [-0.15, -0.1) is 11.3 Å². The molecule has 1 aromatic heterocycles. The summed E-state index contributed by atoms with van der Waals surface area (Å²) in [4.78, 5) is 7.06. The number of nitrogens with two attached hydrogens (primary N) is 1. The van der Waals surface area contributed by atoms with Gasteiger partial charge < -0.3 is 10.6 Å². The van der Waals surface area contributed by atoms with Crippen LogP contribution in [0.25, 0.3) is 0 Å². The number of nitrogens with zero attached hydrogens (tertiary/aromatic N) is 2. The van der Waals surface area contributed by atoms with Gasteiger partial charge in [-0.25, -0.2) is 9.37 Å². The van der Waals surface area contributed by atoms with E-state index in [-0.39, 0.29) is 6.54 Å². The molecule has 0 spiro atoms. The Morgan fingerprint density at radius 2 is 2.38 bits per heavy atom. The lowest BCUT2D eigenvalue weighted by Gasteiger charge is -2.05. The molecule has 0 radical (unpaired) electrons. The highest BCUT2D eigenvalue weighted by Gasteiger charge is 2.12. The fraction of sp³-hybridized carbons (Fsp3) is 0.625. The molecule has 0 saturated heterocycles. The summed E-state index contributed by atoms with van der Waals surface area (Å²) in [5, 5.41) is 0.486. The van der Waals surface area contributed by atoms with Crippen molar-refractivity contribution in [1.82, 2.24) is 9.88 Å². The largest absolute Gasteiger partial charge is 0.327 e. The van der Waals surface area contributed by atoms with Gasteiger partial charge in [-0.3, -0.25) is 0 Å². The van der Waals surface area contributed by atoms with Gasteiger partial charge in [0.1, 0.15) is 5.01 Å². The molecule has 0 bridgehead atoms. The Morgan fingerprint density at radius 1 is 1.69 bits per heavy atom. The van der Waals surface area contributed by atoms with E-state index in [2.05, 4.69) is 4.98 Å². The summed E-state index contributed by atoms with van der Waals surface area (Å²) in [6.07, 6.45) is 0.600. The van der Waals surface area contributed by atoms with E-state index >= 15 is 0 Å². The van der Waals surface area contributed by atoms with Crippen LogP contribution >= 0.6 is 11.3 Å². The number of halogens is 1. The molecule has 0 aliphatic carbocycles. The first-order chi connectivity index (χ1) is 6.13. The van der Waals surface area contributed by atoms with E-state index in [0.717, 1.165) is 11.4 Å². The third-order valence-electron chi connectivity index (χ3n) is 1.52. The van der Waals surface area contributed by atoms with Crippen LogP contribution in [0.5, 0.6) is 0 Å². The van der Waals surface area contributed by atoms with Gasteiger partial charge in [0.25, 0.3) is 0 Å². The second kappa shape index (κ2) is 4.64. The summed E-state index contributed by atoms with van der Waals surface area (Å²) in [7, 11) is 3.94. The molecule has 5 heteroatoms. The Balaban J connectivity index is 2.63. The van der Waals surface area contributed by atoms with E-state index in [4.69, 9.17) is 5.73 Å². The van der Waals surface area contributed by atoms with Gasteiger partial charge in [0.05, 0.1) is 0 Å². The van der Waals surface area contributed by atoms with E-state index < -0.39 is 6.17 Å². The van der Waals surface area contributed by atoms with E-state index in [0.29, 0.717) is 5.01 Å².